The predicted molar refractivity (Wildman–Crippen MR) is 56.9 cm³/mol. The summed E-state index contributed by atoms with van der Waals surface area (Å²) in [6, 6.07) is 6.24. The first-order chi connectivity index (χ1) is 8.71. The van der Waals surface area contributed by atoms with Gasteiger partial charge in [0.25, 0.3) is 5.52 Å². The Labute approximate surface area is 105 Å². The van der Waals surface area contributed by atoms with Crippen molar-refractivity contribution in [1.29, 1.82) is 0 Å². The molecule has 0 saturated heterocycles. The lowest BCUT2D eigenvalue weighted by Crippen LogP contribution is -2.30. The van der Waals surface area contributed by atoms with Gasteiger partial charge >= 0.3 is 15.6 Å². The lowest BCUT2D eigenvalue weighted by Gasteiger charge is -2.09. The van der Waals surface area contributed by atoms with Crippen molar-refractivity contribution in [3.63, 3.8) is 0 Å². The summed E-state index contributed by atoms with van der Waals surface area (Å²) < 4.78 is 62.8. The second-order valence-electron chi connectivity index (χ2n) is 3.56. The summed E-state index contributed by atoms with van der Waals surface area (Å²) in [6.45, 7) is 0. The smallest absolute Gasteiger partial charge is 0.376 e. The van der Waals surface area contributed by atoms with E-state index < -0.39 is 21.4 Å². The molecule has 2 aromatic rings. The van der Waals surface area contributed by atoms with E-state index in [1.807, 2.05) is 0 Å². The average molecular weight is 294 g/mol. The third kappa shape index (κ3) is 2.55. The first-order valence-electron chi connectivity index (χ1n) is 4.85. The Morgan fingerprint density at radius 3 is 2.53 bits per heavy atom. The molecule has 1 heterocycles. The Balaban J connectivity index is 2.44. The van der Waals surface area contributed by atoms with E-state index in [0.29, 0.717) is 10.9 Å². The molecule has 2 rings (SSSR count). The number of nitrogens with zero attached hydrogens (tertiary/aromatic N) is 1. The summed E-state index contributed by atoms with van der Waals surface area (Å²) in [4.78, 5) is 0. The molecule has 0 amide bonds. The Morgan fingerprint density at radius 1 is 1.21 bits per heavy atom. The molecule has 0 atom stereocenters. The molecule has 0 unspecified atom stereocenters. The second kappa shape index (κ2) is 4.26. The molecule has 0 radical (unpaired) electrons. The number of halogens is 3. The molecule has 0 fully saturated rings. The normalized spacial score (nSPS) is 12.6. The zero-order valence-corrected chi connectivity index (χ0v) is 9.94. The Bertz CT molecular complexity index is 727. The highest BCUT2D eigenvalue weighted by Crippen LogP contribution is 2.28. The number of hydrogen-bond acceptors (Lipinski definition) is 4. The minimum Gasteiger partial charge on any atom is -0.376 e. The monoisotopic (exact) mass is 294 g/mol. The summed E-state index contributed by atoms with van der Waals surface area (Å²) >= 11 is 0. The molecule has 0 bridgehead atoms. The van der Waals surface area contributed by atoms with Crippen molar-refractivity contribution >= 4 is 21.0 Å². The van der Waals surface area contributed by atoms with Crippen molar-refractivity contribution in [3.8, 4) is 5.75 Å². The predicted octanol–water partition coefficient (Wildman–Crippen LogP) is 1.59. The topological polar surface area (TPSA) is 67.5 Å². The summed E-state index contributed by atoms with van der Waals surface area (Å²) in [5, 5.41) is 9.72. The van der Waals surface area contributed by atoms with Crippen LogP contribution in [0.2, 0.25) is 0 Å². The van der Waals surface area contributed by atoms with Gasteiger partial charge in [-0.1, -0.05) is 0 Å². The van der Waals surface area contributed by atoms with E-state index in [-0.39, 0.29) is 0 Å². The number of hydrogen-bond donors (Lipinski definition) is 1. The molecule has 0 aliphatic rings. The first-order valence-corrected chi connectivity index (χ1v) is 6.26. The maximum absolute atomic E-state index is 12.1. The quantitative estimate of drug-likeness (QED) is 0.395. The van der Waals surface area contributed by atoms with Crippen molar-refractivity contribution in [2.45, 2.75) is 5.51 Å². The van der Waals surface area contributed by atoms with Crippen LogP contribution in [-0.2, 0) is 10.1 Å². The zero-order chi connectivity index (χ0) is 14.3. The van der Waals surface area contributed by atoms with Gasteiger partial charge in [-0.3, -0.25) is 5.21 Å². The average Bonchev–Trinajstić information content (AvgIpc) is 2.27. The highest BCUT2D eigenvalue weighted by molar-refractivity contribution is 7.88. The van der Waals surface area contributed by atoms with Crippen molar-refractivity contribution in [2.75, 3.05) is 0 Å². The van der Waals surface area contributed by atoms with Crippen LogP contribution in [0.15, 0.2) is 36.5 Å². The Hall–Kier alpha value is -2.03. The summed E-state index contributed by atoms with van der Waals surface area (Å²) in [5.41, 5.74) is -5.20. The highest BCUT2D eigenvalue weighted by Gasteiger charge is 2.48. The molecule has 0 spiro atoms. The number of aromatic nitrogens is 1. The molecule has 5 nitrogen and oxygen atoms in total. The summed E-state index contributed by atoms with van der Waals surface area (Å²) in [6.07, 6.45) is 1.31. The second-order valence-corrected chi connectivity index (χ2v) is 5.09. The molecule has 1 aromatic carbocycles. The van der Waals surface area contributed by atoms with Gasteiger partial charge in [-0.05, 0) is 18.2 Å². The maximum atomic E-state index is 12.1. The minimum atomic E-state index is -5.70. The van der Waals surface area contributed by atoms with Gasteiger partial charge in [0.15, 0.2) is 0 Å². The van der Waals surface area contributed by atoms with Crippen LogP contribution >= 0.6 is 0 Å². The molecular weight excluding hydrogens is 287 g/mol. The van der Waals surface area contributed by atoms with Crippen molar-refractivity contribution < 1.29 is 35.7 Å². The molecule has 1 aromatic heterocycles. The van der Waals surface area contributed by atoms with E-state index >= 15 is 0 Å². The van der Waals surface area contributed by atoms with Gasteiger partial charge in [-0.2, -0.15) is 21.6 Å². The maximum Gasteiger partial charge on any atom is 0.534 e. The number of fused-ring (bicyclic) bond motifs is 1. The summed E-state index contributed by atoms with van der Waals surface area (Å²) in [5.74, 6) is -0.490. The molecular formula is C10H7F3NO4S+. The van der Waals surface area contributed by atoms with Crippen molar-refractivity contribution in [1.82, 2.24) is 0 Å². The van der Waals surface area contributed by atoms with E-state index in [9.17, 15) is 26.8 Å². The molecule has 1 N–H and O–H groups in total. The van der Waals surface area contributed by atoms with Gasteiger partial charge < -0.3 is 4.18 Å². The van der Waals surface area contributed by atoms with Crippen LogP contribution in [0.1, 0.15) is 0 Å². The molecule has 19 heavy (non-hydrogen) atoms. The van der Waals surface area contributed by atoms with E-state index in [1.165, 1.54) is 24.4 Å². The number of benzene rings is 1. The number of rotatable bonds is 2. The minimum absolute atomic E-state index is 0.291. The Kier molecular flexibility index (Phi) is 3.01. The van der Waals surface area contributed by atoms with Gasteiger partial charge in [-0.25, -0.2) is 0 Å². The van der Waals surface area contributed by atoms with Crippen LogP contribution in [-0.4, -0.2) is 19.1 Å². The fourth-order valence-electron chi connectivity index (χ4n) is 1.41. The van der Waals surface area contributed by atoms with E-state index in [1.54, 1.807) is 0 Å². The van der Waals surface area contributed by atoms with Crippen molar-refractivity contribution in [2.24, 2.45) is 0 Å². The van der Waals surface area contributed by atoms with Crippen molar-refractivity contribution in [3.05, 3.63) is 36.5 Å². The number of alkyl halides is 3. The first kappa shape index (κ1) is 13.4. The summed E-state index contributed by atoms with van der Waals surface area (Å²) in [7, 11) is -5.70. The van der Waals surface area contributed by atoms with Gasteiger partial charge in [0.2, 0.25) is 6.20 Å². The third-order valence-corrected chi connectivity index (χ3v) is 3.22. The number of pyridine rings is 1. The van der Waals surface area contributed by atoms with E-state index in [0.717, 1.165) is 16.9 Å². The van der Waals surface area contributed by atoms with Gasteiger partial charge in [0.1, 0.15) is 5.75 Å². The Morgan fingerprint density at radius 2 is 1.89 bits per heavy atom. The van der Waals surface area contributed by atoms with Crippen LogP contribution < -0.4 is 8.91 Å². The molecule has 9 heteroatoms. The zero-order valence-electron chi connectivity index (χ0n) is 9.13. The third-order valence-electron chi connectivity index (χ3n) is 2.24. The molecule has 0 aliphatic carbocycles. The van der Waals surface area contributed by atoms with E-state index in [2.05, 4.69) is 4.18 Å². The van der Waals surface area contributed by atoms with Crippen LogP contribution in [0.25, 0.3) is 10.9 Å². The van der Waals surface area contributed by atoms with E-state index in [4.69, 9.17) is 0 Å². The molecule has 0 aliphatic heterocycles. The van der Waals surface area contributed by atoms with Gasteiger partial charge in [-0.15, -0.1) is 0 Å². The molecule has 102 valence electrons. The highest BCUT2D eigenvalue weighted by atomic mass is 32.2. The molecule has 0 saturated carbocycles. The fraction of sp³-hybridized carbons (Fsp3) is 0.100. The largest absolute Gasteiger partial charge is 0.534 e. The lowest BCUT2D eigenvalue weighted by atomic mass is 10.2. The van der Waals surface area contributed by atoms with Gasteiger partial charge in [0, 0.05) is 16.9 Å². The lowest BCUT2D eigenvalue weighted by molar-refractivity contribution is -0.884. The fourth-order valence-corrected chi connectivity index (χ4v) is 1.86. The SMILES string of the molecule is O=S(=O)(Oc1ccc2c(ccc[n+]2O)c1)C(F)(F)F. The van der Waals surface area contributed by atoms with Crippen LogP contribution in [0.5, 0.6) is 5.75 Å². The van der Waals surface area contributed by atoms with Crippen LogP contribution in [0, 0.1) is 0 Å². The van der Waals surface area contributed by atoms with Gasteiger partial charge in [0.05, 0.1) is 5.39 Å². The van der Waals surface area contributed by atoms with Crippen LogP contribution in [0.3, 0.4) is 0 Å². The van der Waals surface area contributed by atoms with Crippen LogP contribution in [0.4, 0.5) is 13.2 Å². The standard InChI is InChI=1S/C10H7F3NO4S/c11-10(12,13)19(16,17)18-8-3-4-9-7(6-8)2-1-5-14(9)15/h1-6,15H/q+1.